The molecule has 1 N–H and O–H groups in total. The lowest BCUT2D eigenvalue weighted by atomic mass is 10.1. The highest BCUT2D eigenvalue weighted by atomic mass is 35.5. The average molecular weight is 403 g/mol. The molecule has 5 nitrogen and oxygen atoms in total. The Morgan fingerprint density at radius 3 is 2.29 bits per heavy atom. The summed E-state index contributed by atoms with van der Waals surface area (Å²) in [5.41, 5.74) is 1.11. The monoisotopic (exact) mass is 402 g/mol. The fraction of sp³-hybridized carbons (Fsp3) is 0.364. The molecule has 0 saturated carbocycles. The van der Waals surface area contributed by atoms with Gasteiger partial charge in [-0.25, -0.2) is 0 Å². The molecule has 0 spiro atoms. The van der Waals surface area contributed by atoms with Crippen LogP contribution in [0.2, 0.25) is 5.02 Å². The van der Waals surface area contributed by atoms with Crippen molar-refractivity contribution >= 4 is 23.4 Å². The van der Waals surface area contributed by atoms with Gasteiger partial charge in [-0.2, -0.15) is 0 Å². The van der Waals surface area contributed by atoms with E-state index >= 15 is 0 Å². The SMILES string of the molecule is CC(C)NC(=O)C(C)N(CCc1ccccc1)C(=O)COc1ccc(Cl)cc1. The van der Waals surface area contributed by atoms with Gasteiger partial charge in [-0.3, -0.25) is 9.59 Å². The molecular weight excluding hydrogens is 376 g/mol. The zero-order chi connectivity index (χ0) is 20.5. The number of ether oxygens (including phenoxy) is 1. The van der Waals surface area contributed by atoms with Gasteiger partial charge >= 0.3 is 0 Å². The van der Waals surface area contributed by atoms with Crippen molar-refractivity contribution in [1.82, 2.24) is 10.2 Å². The Morgan fingerprint density at radius 2 is 1.68 bits per heavy atom. The molecule has 0 aliphatic rings. The summed E-state index contributed by atoms with van der Waals surface area (Å²) in [6.07, 6.45) is 0.660. The number of nitrogens with zero attached hydrogens (tertiary/aromatic N) is 1. The topological polar surface area (TPSA) is 58.6 Å². The van der Waals surface area contributed by atoms with Crippen LogP contribution in [0.15, 0.2) is 54.6 Å². The van der Waals surface area contributed by atoms with E-state index < -0.39 is 6.04 Å². The largest absolute Gasteiger partial charge is 0.484 e. The quantitative estimate of drug-likeness (QED) is 0.695. The molecule has 0 fully saturated rings. The summed E-state index contributed by atoms with van der Waals surface area (Å²) in [6, 6.07) is 16.1. The van der Waals surface area contributed by atoms with Crippen LogP contribution < -0.4 is 10.1 Å². The van der Waals surface area contributed by atoms with Crippen LogP contribution >= 0.6 is 11.6 Å². The Morgan fingerprint density at radius 1 is 1.04 bits per heavy atom. The number of hydrogen-bond acceptors (Lipinski definition) is 3. The smallest absolute Gasteiger partial charge is 0.261 e. The second kappa shape index (κ2) is 10.7. The molecule has 2 rings (SSSR count). The second-order valence-corrected chi connectivity index (χ2v) is 7.34. The number of nitrogens with one attached hydrogen (secondary N) is 1. The van der Waals surface area contributed by atoms with Crippen LogP contribution in [0, 0.1) is 0 Å². The van der Waals surface area contributed by atoms with E-state index in [2.05, 4.69) is 5.32 Å². The summed E-state index contributed by atoms with van der Waals surface area (Å²) >= 11 is 5.87. The molecule has 0 aliphatic heterocycles. The third-order valence-electron chi connectivity index (χ3n) is 4.26. The second-order valence-electron chi connectivity index (χ2n) is 6.90. The normalized spacial score (nSPS) is 11.8. The van der Waals surface area contributed by atoms with Gasteiger partial charge in [0.1, 0.15) is 11.8 Å². The summed E-state index contributed by atoms with van der Waals surface area (Å²) in [6.45, 7) is 5.81. The number of hydrogen-bond donors (Lipinski definition) is 1. The van der Waals surface area contributed by atoms with E-state index in [1.165, 1.54) is 0 Å². The van der Waals surface area contributed by atoms with E-state index in [0.717, 1.165) is 5.56 Å². The molecular formula is C22H27ClN2O3. The highest BCUT2D eigenvalue weighted by molar-refractivity contribution is 6.30. The molecule has 0 radical (unpaired) electrons. The van der Waals surface area contributed by atoms with E-state index in [1.54, 1.807) is 36.1 Å². The molecule has 28 heavy (non-hydrogen) atoms. The molecule has 0 saturated heterocycles. The minimum Gasteiger partial charge on any atom is -0.484 e. The average Bonchev–Trinajstić information content (AvgIpc) is 2.67. The van der Waals surface area contributed by atoms with Gasteiger partial charge in [-0.1, -0.05) is 41.9 Å². The minimum atomic E-state index is -0.590. The lowest BCUT2D eigenvalue weighted by Crippen LogP contribution is -2.51. The van der Waals surface area contributed by atoms with Crippen LogP contribution in [-0.2, 0) is 16.0 Å². The fourth-order valence-electron chi connectivity index (χ4n) is 2.73. The Balaban J connectivity index is 2.05. The highest BCUT2D eigenvalue weighted by Crippen LogP contribution is 2.16. The van der Waals surface area contributed by atoms with Crippen molar-refractivity contribution < 1.29 is 14.3 Å². The zero-order valence-corrected chi connectivity index (χ0v) is 17.3. The number of rotatable bonds is 9. The maximum absolute atomic E-state index is 12.8. The molecule has 1 unspecified atom stereocenters. The van der Waals surface area contributed by atoms with Crippen LogP contribution in [0.5, 0.6) is 5.75 Å². The number of amides is 2. The molecule has 0 aliphatic carbocycles. The van der Waals surface area contributed by atoms with Gasteiger partial charge in [0.2, 0.25) is 5.91 Å². The van der Waals surface area contributed by atoms with Crippen LogP contribution in [0.3, 0.4) is 0 Å². The van der Waals surface area contributed by atoms with Gasteiger partial charge in [0.25, 0.3) is 5.91 Å². The van der Waals surface area contributed by atoms with Crippen molar-refractivity contribution in [3.8, 4) is 5.75 Å². The predicted octanol–water partition coefficient (Wildman–Crippen LogP) is 3.70. The summed E-state index contributed by atoms with van der Waals surface area (Å²) in [4.78, 5) is 26.9. The molecule has 2 aromatic carbocycles. The van der Waals surface area contributed by atoms with Gasteiger partial charge in [-0.15, -0.1) is 0 Å². The first kappa shape index (κ1) is 21.8. The van der Waals surface area contributed by atoms with Crippen molar-refractivity contribution in [3.63, 3.8) is 0 Å². The van der Waals surface area contributed by atoms with Gasteiger partial charge in [0.15, 0.2) is 6.61 Å². The number of carbonyl (C=O) groups excluding carboxylic acids is 2. The third-order valence-corrected chi connectivity index (χ3v) is 4.51. The molecule has 0 bridgehead atoms. The van der Waals surface area contributed by atoms with E-state index in [-0.39, 0.29) is 24.5 Å². The summed E-state index contributed by atoms with van der Waals surface area (Å²) in [5, 5.41) is 3.47. The summed E-state index contributed by atoms with van der Waals surface area (Å²) in [5.74, 6) is 0.139. The maximum Gasteiger partial charge on any atom is 0.261 e. The minimum absolute atomic E-state index is 0.00587. The molecule has 2 amide bonds. The van der Waals surface area contributed by atoms with Crippen molar-refractivity contribution in [3.05, 3.63) is 65.2 Å². The Labute approximate surface area is 171 Å². The standard InChI is InChI=1S/C22H27ClN2O3/c1-16(2)24-22(27)17(3)25(14-13-18-7-5-4-6-8-18)21(26)15-28-20-11-9-19(23)10-12-20/h4-12,16-17H,13-15H2,1-3H3,(H,24,27). The zero-order valence-electron chi connectivity index (χ0n) is 16.5. The van der Waals surface area contributed by atoms with Gasteiger partial charge in [0.05, 0.1) is 0 Å². The molecule has 150 valence electrons. The lowest BCUT2D eigenvalue weighted by Gasteiger charge is -2.29. The fourth-order valence-corrected chi connectivity index (χ4v) is 2.86. The Bertz CT molecular complexity index is 763. The van der Waals surface area contributed by atoms with Crippen LogP contribution in [0.4, 0.5) is 0 Å². The van der Waals surface area contributed by atoms with E-state index in [9.17, 15) is 9.59 Å². The van der Waals surface area contributed by atoms with Gasteiger partial charge in [0, 0.05) is 17.6 Å². The van der Waals surface area contributed by atoms with Crippen LogP contribution in [0.1, 0.15) is 26.3 Å². The highest BCUT2D eigenvalue weighted by Gasteiger charge is 2.26. The molecule has 6 heteroatoms. The summed E-state index contributed by atoms with van der Waals surface area (Å²) in [7, 11) is 0. The first-order chi connectivity index (χ1) is 13.4. The van der Waals surface area contributed by atoms with Crippen molar-refractivity contribution in [1.29, 1.82) is 0 Å². The number of benzene rings is 2. The van der Waals surface area contributed by atoms with Gasteiger partial charge in [-0.05, 0) is 57.0 Å². The van der Waals surface area contributed by atoms with Crippen molar-refractivity contribution in [2.24, 2.45) is 0 Å². The van der Waals surface area contributed by atoms with E-state index in [4.69, 9.17) is 16.3 Å². The van der Waals surface area contributed by atoms with E-state index in [1.807, 2.05) is 44.2 Å². The third kappa shape index (κ3) is 6.89. The number of carbonyl (C=O) groups is 2. The van der Waals surface area contributed by atoms with E-state index in [0.29, 0.717) is 23.7 Å². The Kier molecular flexibility index (Phi) is 8.33. The maximum atomic E-state index is 12.8. The lowest BCUT2D eigenvalue weighted by molar-refractivity contribution is -0.141. The first-order valence-corrected chi connectivity index (χ1v) is 9.76. The molecule has 1 atom stereocenters. The number of halogens is 1. The van der Waals surface area contributed by atoms with Crippen LogP contribution in [-0.4, -0.2) is 41.9 Å². The first-order valence-electron chi connectivity index (χ1n) is 9.39. The predicted molar refractivity (Wildman–Crippen MR) is 112 cm³/mol. The van der Waals surface area contributed by atoms with Crippen molar-refractivity contribution in [2.75, 3.05) is 13.2 Å². The van der Waals surface area contributed by atoms with Crippen LogP contribution in [0.25, 0.3) is 0 Å². The Hall–Kier alpha value is -2.53. The molecule has 2 aromatic rings. The van der Waals surface area contributed by atoms with Crippen molar-refractivity contribution in [2.45, 2.75) is 39.3 Å². The summed E-state index contributed by atoms with van der Waals surface area (Å²) < 4.78 is 5.59. The molecule has 0 aromatic heterocycles. The van der Waals surface area contributed by atoms with Gasteiger partial charge < -0.3 is 15.0 Å². The molecule has 0 heterocycles.